The van der Waals surface area contributed by atoms with Crippen molar-refractivity contribution in [2.24, 2.45) is 0 Å². The van der Waals surface area contributed by atoms with Crippen molar-refractivity contribution in [2.75, 3.05) is 5.32 Å². The first-order valence-electron chi connectivity index (χ1n) is 10.7. The molecule has 1 aliphatic rings. The Kier molecular flexibility index (Phi) is 5.83. The summed E-state index contributed by atoms with van der Waals surface area (Å²) in [5.41, 5.74) is 4.16. The van der Waals surface area contributed by atoms with Crippen LogP contribution in [0.25, 0.3) is 11.1 Å². The molecule has 0 saturated heterocycles. The quantitative estimate of drug-likeness (QED) is 0.613. The molecule has 31 heavy (non-hydrogen) atoms. The minimum Gasteiger partial charge on any atom is -0.444 e. The van der Waals surface area contributed by atoms with Crippen LogP contribution in [-0.2, 0) is 11.2 Å². The lowest BCUT2D eigenvalue weighted by Crippen LogP contribution is -2.27. The first-order valence-corrected chi connectivity index (χ1v) is 10.7. The van der Waals surface area contributed by atoms with Gasteiger partial charge in [-0.2, -0.15) is 0 Å². The van der Waals surface area contributed by atoms with Crippen LogP contribution in [-0.4, -0.2) is 32.5 Å². The topological polar surface area (TPSA) is 76.4 Å². The zero-order chi connectivity index (χ0) is 22.0. The standard InChI is InChI=1S/C25H29N3O3/c1-25(2,3)31-24(30)27-18-12-13-20(21(14-18)17-8-5-4-6-9-17)23-22(29)11-7-10-19-15-26-16-28(19)23/h4-6,8-9,12-16,22-23,29H,7,10-11H2,1-3H3,(H,27,30). The highest BCUT2D eigenvalue weighted by molar-refractivity contribution is 5.86. The van der Waals surface area contributed by atoms with E-state index in [9.17, 15) is 9.90 Å². The largest absolute Gasteiger partial charge is 0.444 e. The molecule has 0 aliphatic carbocycles. The highest BCUT2D eigenvalue weighted by Crippen LogP contribution is 2.37. The smallest absolute Gasteiger partial charge is 0.412 e. The molecule has 1 amide bonds. The minimum absolute atomic E-state index is 0.245. The molecule has 0 spiro atoms. The Morgan fingerprint density at radius 3 is 2.71 bits per heavy atom. The van der Waals surface area contributed by atoms with Gasteiger partial charge in [-0.3, -0.25) is 5.32 Å². The summed E-state index contributed by atoms with van der Waals surface area (Å²) in [4.78, 5) is 16.6. The summed E-state index contributed by atoms with van der Waals surface area (Å²) >= 11 is 0. The predicted octanol–water partition coefficient (Wildman–Crippen LogP) is 5.18. The highest BCUT2D eigenvalue weighted by atomic mass is 16.6. The van der Waals surface area contributed by atoms with Gasteiger partial charge in [-0.25, -0.2) is 9.78 Å². The number of nitrogens with one attached hydrogen (secondary N) is 1. The summed E-state index contributed by atoms with van der Waals surface area (Å²) in [6.07, 6.45) is 5.20. The van der Waals surface area contributed by atoms with Gasteiger partial charge in [0.15, 0.2) is 0 Å². The number of fused-ring (bicyclic) bond motifs is 1. The van der Waals surface area contributed by atoms with E-state index in [2.05, 4.69) is 14.9 Å². The van der Waals surface area contributed by atoms with Crippen LogP contribution in [0.3, 0.4) is 0 Å². The van der Waals surface area contributed by atoms with Crippen molar-refractivity contribution in [3.8, 4) is 11.1 Å². The van der Waals surface area contributed by atoms with Crippen molar-refractivity contribution in [3.05, 3.63) is 72.3 Å². The van der Waals surface area contributed by atoms with Gasteiger partial charge in [0, 0.05) is 17.6 Å². The van der Waals surface area contributed by atoms with Crippen LogP contribution in [0.1, 0.15) is 50.9 Å². The number of rotatable bonds is 3. The Balaban J connectivity index is 1.77. The molecular weight excluding hydrogens is 390 g/mol. The van der Waals surface area contributed by atoms with Crippen molar-refractivity contribution < 1.29 is 14.6 Å². The van der Waals surface area contributed by atoms with Gasteiger partial charge in [0.05, 0.1) is 18.5 Å². The molecule has 2 unspecified atom stereocenters. The normalized spacial score (nSPS) is 18.7. The Bertz CT molecular complexity index is 1050. The van der Waals surface area contributed by atoms with Crippen molar-refractivity contribution >= 4 is 11.8 Å². The number of ether oxygens (including phenoxy) is 1. The van der Waals surface area contributed by atoms with E-state index >= 15 is 0 Å². The Hall–Kier alpha value is -3.12. The van der Waals surface area contributed by atoms with Gasteiger partial charge in [0.2, 0.25) is 0 Å². The molecule has 3 aromatic rings. The molecule has 0 radical (unpaired) electrons. The van der Waals surface area contributed by atoms with Gasteiger partial charge in [0.25, 0.3) is 0 Å². The number of aliphatic hydroxyl groups excluding tert-OH is 1. The van der Waals surface area contributed by atoms with E-state index in [4.69, 9.17) is 4.74 Å². The summed E-state index contributed by atoms with van der Waals surface area (Å²) in [6, 6.07) is 15.6. The lowest BCUT2D eigenvalue weighted by Gasteiger charge is -2.27. The third-order valence-corrected chi connectivity index (χ3v) is 5.45. The molecule has 2 aromatic carbocycles. The monoisotopic (exact) mass is 419 g/mol. The number of aliphatic hydroxyl groups is 1. The average Bonchev–Trinajstić information content (AvgIpc) is 3.10. The molecule has 2 N–H and O–H groups in total. The maximum absolute atomic E-state index is 12.3. The molecule has 0 fully saturated rings. The number of hydrogen-bond donors (Lipinski definition) is 2. The van der Waals surface area contributed by atoms with Crippen LogP contribution < -0.4 is 5.32 Å². The van der Waals surface area contributed by atoms with Gasteiger partial charge >= 0.3 is 6.09 Å². The fraction of sp³-hybridized carbons (Fsp3) is 0.360. The predicted molar refractivity (Wildman–Crippen MR) is 121 cm³/mol. The number of aromatic nitrogens is 2. The fourth-order valence-electron chi connectivity index (χ4n) is 4.15. The maximum atomic E-state index is 12.3. The number of hydrogen-bond acceptors (Lipinski definition) is 4. The fourth-order valence-corrected chi connectivity index (χ4v) is 4.15. The van der Waals surface area contributed by atoms with Crippen LogP contribution in [0.4, 0.5) is 10.5 Å². The summed E-state index contributed by atoms with van der Waals surface area (Å²) in [6.45, 7) is 5.50. The number of carbonyl (C=O) groups is 1. The summed E-state index contributed by atoms with van der Waals surface area (Å²) < 4.78 is 7.48. The number of benzene rings is 2. The zero-order valence-corrected chi connectivity index (χ0v) is 18.2. The molecule has 0 bridgehead atoms. The number of nitrogens with zero attached hydrogens (tertiary/aromatic N) is 2. The minimum atomic E-state index is -0.575. The molecule has 2 atom stereocenters. The molecule has 1 aliphatic heterocycles. The van der Waals surface area contributed by atoms with Gasteiger partial charge in [-0.05, 0) is 68.9 Å². The van der Waals surface area contributed by atoms with Gasteiger partial charge < -0.3 is 14.4 Å². The molecule has 4 rings (SSSR count). The van der Waals surface area contributed by atoms with Gasteiger partial charge in [-0.1, -0.05) is 36.4 Å². The van der Waals surface area contributed by atoms with E-state index in [1.165, 1.54) is 0 Å². The SMILES string of the molecule is CC(C)(C)OC(=O)Nc1ccc(C2C(O)CCCc3cncn32)c(-c2ccccc2)c1. The Morgan fingerprint density at radius 1 is 1.19 bits per heavy atom. The van der Waals surface area contributed by atoms with Crippen LogP contribution >= 0.6 is 0 Å². The van der Waals surface area contributed by atoms with Crippen LogP contribution in [0.2, 0.25) is 0 Å². The van der Waals surface area contributed by atoms with E-state index < -0.39 is 17.8 Å². The lowest BCUT2D eigenvalue weighted by molar-refractivity contribution is 0.0636. The van der Waals surface area contributed by atoms with E-state index in [1.807, 2.05) is 75.5 Å². The van der Waals surface area contributed by atoms with E-state index in [1.54, 1.807) is 6.33 Å². The number of aryl methyl sites for hydroxylation is 1. The van der Waals surface area contributed by atoms with Crippen molar-refractivity contribution in [2.45, 2.75) is 57.8 Å². The third-order valence-electron chi connectivity index (χ3n) is 5.45. The average molecular weight is 420 g/mol. The van der Waals surface area contributed by atoms with E-state index in [-0.39, 0.29) is 6.04 Å². The second-order valence-corrected chi connectivity index (χ2v) is 8.99. The molecule has 6 nitrogen and oxygen atoms in total. The molecule has 2 heterocycles. The molecule has 162 valence electrons. The van der Waals surface area contributed by atoms with E-state index in [0.29, 0.717) is 5.69 Å². The van der Waals surface area contributed by atoms with Gasteiger partial charge in [-0.15, -0.1) is 0 Å². The van der Waals surface area contributed by atoms with Gasteiger partial charge in [0.1, 0.15) is 5.60 Å². The summed E-state index contributed by atoms with van der Waals surface area (Å²) in [5, 5.41) is 13.9. The van der Waals surface area contributed by atoms with E-state index in [0.717, 1.165) is 41.6 Å². The van der Waals surface area contributed by atoms with Crippen molar-refractivity contribution in [1.82, 2.24) is 9.55 Å². The number of amides is 1. The first-order chi connectivity index (χ1) is 14.8. The Morgan fingerprint density at radius 2 is 1.97 bits per heavy atom. The molecule has 1 aromatic heterocycles. The van der Waals surface area contributed by atoms with Crippen molar-refractivity contribution in [3.63, 3.8) is 0 Å². The highest BCUT2D eigenvalue weighted by Gasteiger charge is 2.29. The number of anilines is 1. The second kappa shape index (κ2) is 8.55. The number of carbonyl (C=O) groups excluding carboxylic acids is 1. The molecule has 0 saturated carbocycles. The molecular formula is C25H29N3O3. The second-order valence-electron chi connectivity index (χ2n) is 8.99. The first kappa shape index (κ1) is 21.1. The van der Waals surface area contributed by atoms with Crippen LogP contribution in [0, 0.1) is 0 Å². The summed E-state index contributed by atoms with van der Waals surface area (Å²) in [7, 11) is 0. The molecule has 6 heteroatoms. The zero-order valence-electron chi connectivity index (χ0n) is 18.2. The Labute approximate surface area is 182 Å². The number of imidazole rings is 1. The lowest BCUT2D eigenvalue weighted by atomic mass is 9.90. The van der Waals surface area contributed by atoms with Crippen LogP contribution in [0.5, 0.6) is 0 Å². The summed E-state index contributed by atoms with van der Waals surface area (Å²) in [5.74, 6) is 0. The van der Waals surface area contributed by atoms with Crippen LogP contribution in [0.15, 0.2) is 61.1 Å². The van der Waals surface area contributed by atoms with Crippen molar-refractivity contribution in [1.29, 1.82) is 0 Å². The maximum Gasteiger partial charge on any atom is 0.412 e. The third kappa shape index (κ3) is 4.80.